The van der Waals surface area contributed by atoms with Crippen LogP contribution in [-0.4, -0.2) is 40.6 Å². The van der Waals surface area contributed by atoms with Gasteiger partial charge in [0, 0.05) is 19.6 Å². The van der Waals surface area contributed by atoms with Crippen molar-refractivity contribution in [2.75, 3.05) is 13.1 Å². The largest absolute Gasteiger partial charge is 0.253 e. The predicted molar refractivity (Wildman–Crippen MR) is 83.0 cm³/mol. The van der Waals surface area contributed by atoms with Crippen LogP contribution in [0.15, 0.2) is 41.8 Å². The van der Waals surface area contributed by atoms with Crippen LogP contribution in [0.5, 0.6) is 0 Å². The van der Waals surface area contributed by atoms with Crippen LogP contribution in [0.3, 0.4) is 0 Å². The zero-order valence-corrected chi connectivity index (χ0v) is 13.5. The van der Waals surface area contributed by atoms with Crippen LogP contribution in [0.25, 0.3) is 0 Å². The maximum absolute atomic E-state index is 12.8. The van der Waals surface area contributed by atoms with Gasteiger partial charge in [-0.15, -0.1) is 0 Å². The standard InChI is InChI=1S/C14H17ClN4O2S/c15-13-5-1-2-6-14(13)22(20,21)19-7-3-4-12(9-19)8-18-11-16-10-17-18/h1-2,5-6,10-12H,3-4,7-9H2. The zero-order valence-electron chi connectivity index (χ0n) is 12.0. The summed E-state index contributed by atoms with van der Waals surface area (Å²) in [7, 11) is -3.55. The number of hydrogen-bond donors (Lipinski definition) is 0. The minimum atomic E-state index is -3.55. The van der Waals surface area contributed by atoms with Gasteiger partial charge < -0.3 is 0 Å². The zero-order chi connectivity index (χ0) is 15.6. The Labute approximate surface area is 134 Å². The molecule has 0 saturated carbocycles. The Morgan fingerprint density at radius 1 is 1.32 bits per heavy atom. The maximum atomic E-state index is 12.8. The van der Waals surface area contributed by atoms with E-state index in [0.29, 0.717) is 19.6 Å². The summed E-state index contributed by atoms with van der Waals surface area (Å²) in [5.41, 5.74) is 0. The Morgan fingerprint density at radius 3 is 2.86 bits per heavy atom. The van der Waals surface area contributed by atoms with Gasteiger partial charge in [0.25, 0.3) is 0 Å². The van der Waals surface area contributed by atoms with Crippen LogP contribution in [0.4, 0.5) is 0 Å². The first-order valence-corrected chi connectivity index (χ1v) is 8.96. The van der Waals surface area contributed by atoms with Crippen molar-refractivity contribution < 1.29 is 8.42 Å². The van der Waals surface area contributed by atoms with Gasteiger partial charge in [0.05, 0.1) is 5.02 Å². The van der Waals surface area contributed by atoms with Crippen molar-refractivity contribution in [3.05, 3.63) is 41.9 Å². The lowest BCUT2D eigenvalue weighted by Gasteiger charge is -2.32. The third kappa shape index (κ3) is 3.16. The lowest BCUT2D eigenvalue weighted by Crippen LogP contribution is -2.41. The molecule has 22 heavy (non-hydrogen) atoms. The summed E-state index contributed by atoms with van der Waals surface area (Å²) in [6.07, 6.45) is 4.96. The lowest BCUT2D eigenvalue weighted by atomic mass is 10.00. The average Bonchev–Trinajstić information content (AvgIpc) is 3.01. The van der Waals surface area contributed by atoms with Crippen molar-refractivity contribution >= 4 is 21.6 Å². The number of nitrogens with zero attached hydrogens (tertiary/aromatic N) is 4. The Morgan fingerprint density at radius 2 is 2.14 bits per heavy atom. The minimum Gasteiger partial charge on any atom is -0.253 e. The summed E-state index contributed by atoms with van der Waals surface area (Å²) in [5.74, 6) is 0.229. The van der Waals surface area contributed by atoms with Crippen molar-refractivity contribution in [3.63, 3.8) is 0 Å². The Bertz CT molecular complexity index is 733. The second-order valence-electron chi connectivity index (χ2n) is 5.42. The first-order chi connectivity index (χ1) is 10.6. The van der Waals surface area contributed by atoms with Gasteiger partial charge in [0.2, 0.25) is 10.0 Å². The topological polar surface area (TPSA) is 68.1 Å². The molecule has 1 aromatic carbocycles. The van der Waals surface area contributed by atoms with Crippen molar-refractivity contribution in [1.29, 1.82) is 0 Å². The molecule has 2 heterocycles. The van der Waals surface area contributed by atoms with Crippen molar-refractivity contribution in [3.8, 4) is 0 Å². The highest BCUT2D eigenvalue weighted by molar-refractivity contribution is 7.89. The van der Waals surface area contributed by atoms with Gasteiger partial charge in [-0.1, -0.05) is 23.7 Å². The monoisotopic (exact) mass is 340 g/mol. The molecule has 0 aliphatic carbocycles. The number of halogens is 1. The molecule has 118 valence electrons. The molecule has 2 aromatic rings. The summed E-state index contributed by atoms with van der Waals surface area (Å²) >= 11 is 6.05. The fourth-order valence-corrected chi connectivity index (χ4v) is 4.83. The van der Waals surface area contributed by atoms with E-state index in [0.717, 1.165) is 12.8 Å². The van der Waals surface area contributed by atoms with Crippen LogP contribution in [0, 0.1) is 5.92 Å². The molecule has 8 heteroatoms. The van der Waals surface area contributed by atoms with Gasteiger partial charge in [-0.05, 0) is 30.9 Å². The quantitative estimate of drug-likeness (QED) is 0.854. The first kappa shape index (κ1) is 15.5. The SMILES string of the molecule is O=S(=O)(c1ccccc1Cl)N1CCCC(Cn2cncn2)C1. The van der Waals surface area contributed by atoms with Crippen molar-refractivity contribution in [2.24, 2.45) is 5.92 Å². The first-order valence-electron chi connectivity index (χ1n) is 7.14. The van der Waals surface area contributed by atoms with Crippen LogP contribution in [-0.2, 0) is 16.6 Å². The molecular weight excluding hydrogens is 324 g/mol. The lowest BCUT2D eigenvalue weighted by molar-refractivity contribution is 0.239. The smallest absolute Gasteiger partial charge is 0.244 e. The number of benzene rings is 1. The van der Waals surface area contributed by atoms with Gasteiger partial charge in [-0.3, -0.25) is 4.68 Å². The average molecular weight is 341 g/mol. The molecule has 0 radical (unpaired) electrons. The second-order valence-corrected chi connectivity index (χ2v) is 7.73. The second kappa shape index (κ2) is 6.36. The maximum Gasteiger partial charge on any atom is 0.244 e. The molecule has 1 aliphatic rings. The number of piperidine rings is 1. The Balaban J connectivity index is 1.78. The van der Waals surface area contributed by atoms with Crippen molar-refractivity contribution in [2.45, 2.75) is 24.3 Å². The van der Waals surface area contributed by atoms with Gasteiger partial charge in [-0.2, -0.15) is 9.40 Å². The van der Waals surface area contributed by atoms with Crippen LogP contribution < -0.4 is 0 Å². The van der Waals surface area contributed by atoms with E-state index < -0.39 is 10.0 Å². The summed E-state index contributed by atoms with van der Waals surface area (Å²) in [4.78, 5) is 4.10. The molecule has 0 bridgehead atoms. The number of rotatable bonds is 4. The number of sulfonamides is 1. The molecule has 1 saturated heterocycles. The number of hydrogen-bond acceptors (Lipinski definition) is 4. The molecule has 1 unspecified atom stereocenters. The molecule has 1 aromatic heterocycles. The van der Waals surface area contributed by atoms with Crippen LogP contribution >= 0.6 is 11.6 Å². The summed E-state index contributed by atoms with van der Waals surface area (Å²) < 4.78 is 28.8. The molecular formula is C14H17ClN4O2S. The fraction of sp³-hybridized carbons (Fsp3) is 0.429. The molecule has 1 fully saturated rings. The highest BCUT2D eigenvalue weighted by atomic mass is 35.5. The summed E-state index contributed by atoms with van der Waals surface area (Å²) in [6.45, 7) is 1.68. The normalized spacial score (nSPS) is 20.1. The minimum absolute atomic E-state index is 0.179. The molecule has 0 N–H and O–H groups in total. The highest BCUT2D eigenvalue weighted by Gasteiger charge is 2.31. The Kier molecular flexibility index (Phi) is 4.46. The van der Waals surface area contributed by atoms with E-state index >= 15 is 0 Å². The molecule has 0 spiro atoms. The Hall–Kier alpha value is -1.44. The molecule has 0 amide bonds. The summed E-state index contributed by atoms with van der Waals surface area (Å²) in [5, 5.41) is 4.35. The van der Waals surface area contributed by atoms with Gasteiger partial charge in [0.15, 0.2) is 0 Å². The van der Waals surface area contributed by atoms with Crippen molar-refractivity contribution in [1.82, 2.24) is 19.1 Å². The molecule has 6 nitrogen and oxygen atoms in total. The highest BCUT2D eigenvalue weighted by Crippen LogP contribution is 2.28. The summed E-state index contributed by atoms with van der Waals surface area (Å²) in [6, 6.07) is 6.57. The van der Waals surface area contributed by atoms with Gasteiger partial charge in [-0.25, -0.2) is 13.4 Å². The van der Waals surface area contributed by atoms with E-state index in [1.54, 1.807) is 35.3 Å². The van der Waals surface area contributed by atoms with E-state index in [-0.39, 0.29) is 15.8 Å². The van der Waals surface area contributed by atoms with Gasteiger partial charge >= 0.3 is 0 Å². The molecule has 1 atom stereocenters. The van der Waals surface area contributed by atoms with E-state index in [9.17, 15) is 8.42 Å². The van der Waals surface area contributed by atoms with Gasteiger partial charge in [0.1, 0.15) is 17.6 Å². The van der Waals surface area contributed by atoms with Crippen LogP contribution in [0.2, 0.25) is 5.02 Å². The van der Waals surface area contributed by atoms with Crippen LogP contribution in [0.1, 0.15) is 12.8 Å². The van der Waals surface area contributed by atoms with E-state index in [1.807, 2.05) is 0 Å². The third-order valence-electron chi connectivity index (χ3n) is 3.85. The fourth-order valence-electron chi connectivity index (χ4n) is 2.78. The number of aromatic nitrogens is 3. The van der Waals surface area contributed by atoms with E-state index in [1.165, 1.54) is 10.6 Å². The molecule has 3 rings (SSSR count). The predicted octanol–water partition coefficient (Wildman–Crippen LogP) is 2.03. The van der Waals surface area contributed by atoms with E-state index in [4.69, 9.17) is 11.6 Å². The van der Waals surface area contributed by atoms with E-state index in [2.05, 4.69) is 10.1 Å². The molecule has 1 aliphatic heterocycles. The third-order valence-corrected chi connectivity index (χ3v) is 6.21.